The third-order valence-electron chi connectivity index (χ3n) is 3.81. The van der Waals surface area contributed by atoms with E-state index in [4.69, 9.17) is 4.98 Å². The molecule has 0 spiro atoms. The molecule has 3 nitrogen and oxygen atoms in total. The van der Waals surface area contributed by atoms with Crippen LogP contribution in [-0.2, 0) is 12.3 Å². The maximum atomic E-state index is 4.93. The van der Waals surface area contributed by atoms with Crippen molar-refractivity contribution in [3.05, 3.63) is 34.2 Å². The molecule has 0 amide bonds. The highest BCUT2D eigenvalue weighted by molar-refractivity contribution is 7.98. The SMILES string of the molecule is c1ccc2c(c1)SCc1sc(CN3CCNCC3)nc1-2. The van der Waals surface area contributed by atoms with Crippen LogP contribution in [-0.4, -0.2) is 36.1 Å². The van der Waals surface area contributed by atoms with Crippen LogP contribution < -0.4 is 5.32 Å². The van der Waals surface area contributed by atoms with Gasteiger partial charge in [0.2, 0.25) is 0 Å². The third kappa shape index (κ3) is 2.39. The van der Waals surface area contributed by atoms with Crippen molar-refractivity contribution in [1.82, 2.24) is 15.2 Å². The van der Waals surface area contributed by atoms with Crippen LogP contribution in [0.15, 0.2) is 29.2 Å². The zero-order chi connectivity index (χ0) is 13.4. The minimum absolute atomic E-state index is 1.01. The summed E-state index contributed by atoms with van der Waals surface area (Å²) < 4.78 is 0. The molecule has 20 heavy (non-hydrogen) atoms. The Bertz CT molecular complexity index is 617. The Hall–Kier alpha value is -0.880. The summed E-state index contributed by atoms with van der Waals surface area (Å²) in [6.07, 6.45) is 0. The lowest BCUT2D eigenvalue weighted by molar-refractivity contribution is 0.233. The van der Waals surface area contributed by atoms with Gasteiger partial charge in [0.15, 0.2) is 0 Å². The van der Waals surface area contributed by atoms with Crippen LogP contribution in [0.5, 0.6) is 0 Å². The van der Waals surface area contributed by atoms with Crippen molar-refractivity contribution in [2.45, 2.75) is 17.2 Å². The molecule has 104 valence electrons. The highest BCUT2D eigenvalue weighted by atomic mass is 32.2. The molecular weight excluding hydrogens is 286 g/mol. The van der Waals surface area contributed by atoms with Crippen molar-refractivity contribution in [2.24, 2.45) is 0 Å². The molecule has 2 aliphatic heterocycles. The van der Waals surface area contributed by atoms with Crippen molar-refractivity contribution in [3.8, 4) is 11.3 Å². The highest BCUT2D eigenvalue weighted by Gasteiger charge is 2.22. The van der Waals surface area contributed by atoms with Gasteiger partial charge >= 0.3 is 0 Å². The lowest BCUT2D eigenvalue weighted by atomic mass is 10.1. The van der Waals surface area contributed by atoms with Crippen molar-refractivity contribution >= 4 is 23.1 Å². The largest absolute Gasteiger partial charge is 0.314 e. The fourth-order valence-electron chi connectivity index (χ4n) is 2.77. The molecule has 1 aromatic carbocycles. The summed E-state index contributed by atoms with van der Waals surface area (Å²) in [4.78, 5) is 10.2. The Kier molecular flexibility index (Phi) is 3.52. The van der Waals surface area contributed by atoms with E-state index in [1.807, 2.05) is 23.1 Å². The average Bonchev–Trinajstić information content (AvgIpc) is 2.91. The van der Waals surface area contributed by atoms with Gasteiger partial charge in [0.05, 0.1) is 12.2 Å². The second-order valence-electron chi connectivity index (χ2n) is 5.19. The number of fused-ring (bicyclic) bond motifs is 3. The van der Waals surface area contributed by atoms with E-state index in [1.54, 1.807) is 0 Å². The second-order valence-corrected chi connectivity index (χ2v) is 7.38. The average molecular weight is 303 g/mol. The number of nitrogens with one attached hydrogen (secondary N) is 1. The molecule has 2 aromatic rings. The van der Waals surface area contributed by atoms with Gasteiger partial charge in [-0.15, -0.1) is 23.1 Å². The van der Waals surface area contributed by atoms with Gasteiger partial charge in [-0.3, -0.25) is 4.90 Å². The first kappa shape index (κ1) is 12.8. The molecule has 1 saturated heterocycles. The summed E-state index contributed by atoms with van der Waals surface area (Å²) in [6.45, 7) is 5.48. The Morgan fingerprint density at radius 1 is 1.20 bits per heavy atom. The van der Waals surface area contributed by atoms with Crippen LogP contribution in [0.2, 0.25) is 0 Å². The topological polar surface area (TPSA) is 28.2 Å². The highest BCUT2D eigenvalue weighted by Crippen LogP contribution is 2.43. The lowest BCUT2D eigenvalue weighted by Gasteiger charge is -2.26. The van der Waals surface area contributed by atoms with Gasteiger partial charge in [-0.2, -0.15) is 0 Å². The smallest absolute Gasteiger partial charge is 0.108 e. The van der Waals surface area contributed by atoms with E-state index in [9.17, 15) is 0 Å². The number of aromatic nitrogens is 1. The fraction of sp³-hybridized carbons (Fsp3) is 0.400. The normalized spacial score (nSPS) is 18.6. The molecule has 0 saturated carbocycles. The monoisotopic (exact) mass is 303 g/mol. The number of thiazole rings is 1. The van der Waals surface area contributed by atoms with Gasteiger partial charge in [0.1, 0.15) is 5.01 Å². The summed E-state index contributed by atoms with van der Waals surface area (Å²) in [7, 11) is 0. The van der Waals surface area contributed by atoms with E-state index < -0.39 is 0 Å². The first-order chi connectivity index (χ1) is 9.90. The summed E-state index contributed by atoms with van der Waals surface area (Å²) in [6, 6.07) is 8.64. The van der Waals surface area contributed by atoms with Crippen LogP contribution in [0.3, 0.4) is 0 Å². The van der Waals surface area contributed by atoms with Gasteiger partial charge in [0.25, 0.3) is 0 Å². The minimum Gasteiger partial charge on any atom is -0.314 e. The molecule has 1 aromatic heterocycles. The Balaban J connectivity index is 1.61. The molecule has 0 radical (unpaired) electrons. The molecule has 0 atom stereocenters. The Morgan fingerprint density at radius 3 is 2.95 bits per heavy atom. The first-order valence-corrected chi connectivity index (χ1v) is 8.84. The van der Waals surface area contributed by atoms with Crippen LogP contribution in [0.25, 0.3) is 11.3 Å². The summed E-state index contributed by atoms with van der Waals surface area (Å²) in [5.74, 6) is 1.07. The maximum Gasteiger partial charge on any atom is 0.108 e. The predicted molar refractivity (Wildman–Crippen MR) is 85.3 cm³/mol. The van der Waals surface area contributed by atoms with E-state index in [0.717, 1.165) is 38.5 Å². The van der Waals surface area contributed by atoms with Crippen LogP contribution in [0, 0.1) is 0 Å². The first-order valence-electron chi connectivity index (χ1n) is 7.04. The maximum absolute atomic E-state index is 4.93. The number of benzene rings is 1. The van der Waals surface area contributed by atoms with Crippen LogP contribution in [0.4, 0.5) is 0 Å². The number of hydrogen-bond donors (Lipinski definition) is 1. The van der Waals surface area contributed by atoms with Crippen molar-refractivity contribution in [2.75, 3.05) is 26.2 Å². The molecule has 0 aliphatic carbocycles. The number of thioether (sulfide) groups is 1. The minimum atomic E-state index is 1.01. The van der Waals surface area contributed by atoms with E-state index in [-0.39, 0.29) is 0 Å². The molecular formula is C15H17N3S2. The molecule has 2 aliphatic rings. The van der Waals surface area contributed by atoms with E-state index in [0.29, 0.717) is 0 Å². The standard InChI is InChI=1S/C15H17N3S2/c1-2-4-12-11(3-1)15-13(10-19-12)20-14(17-15)9-18-7-5-16-6-8-18/h1-4,16H,5-10H2. The van der Waals surface area contributed by atoms with E-state index >= 15 is 0 Å². The molecule has 4 rings (SSSR count). The molecule has 1 fully saturated rings. The quantitative estimate of drug-likeness (QED) is 0.923. The van der Waals surface area contributed by atoms with Crippen LogP contribution in [0.1, 0.15) is 9.88 Å². The molecule has 1 N–H and O–H groups in total. The summed E-state index contributed by atoms with van der Waals surface area (Å²) in [5, 5.41) is 4.67. The van der Waals surface area contributed by atoms with E-state index in [1.165, 1.54) is 26.0 Å². The number of nitrogens with zero attached hydrogens (tertiary/aromatic N) is 2. The Labute approximate surface area is 127 Å². The van der Waals surface area contributed by atoms with Crippen molar-refractivity contribution in [1.29, 1.82) is 0 Å². The van der Waals surface area contributed by atoms with E-state index in [2.05, 4.69) is 34.5 Å². The lowest BCUT2D eigenvalue weighted by Crippen LogP contribution is -2.42. The summed E-state index contributed by atoms with van der Waals surface area (Å²) in [5.41, 5.74) is 2.55. The third-order valence-corrected chi connectivity index (χ3v) is 6.13. The zero-order valence-electron chi connectivity index (χ0n) is 11.3. The molecule has 0 unspecified atom stereocenters. The predicted octanol–water partition coefficient (Wildman–Crippen LogP) is 2.82. The summed E-state index contributed by atoms with van der Waals surface area (Å²) >= 11 is 3.84. The van der Waals surface area contributed by atoms with Gasteiger partial charge in [-0.05, 0) is 6.07 Å². The van der Waals surface area contributed by atoms with Gasteiger partial charge in [-0.1, -0.05) is 18.2 Å². The number of hydrogen-bond acceptors (Lipinski definition) is 5. The van der Waals surface area contributed by atoms with Gasteiger partial charge in [0, 0.05) is 47.3 Å². The molecule has 5 heteroatoms. The fourth-order valence-corrected chi connectivity index (χ4v) is 5.02. The molecule has 3 heterocycles. The number of piperazine rings is 1. The van der Waals surface area contributed by atoms with Crippen molar-refractivity contribution in [3.63, 3.8) is 0 Å². The number of rotatable bonds is 2. The van der Waals surface area contributed by atoms with Gasteiger partial charge in [-0.25, -0.2) is 4.98 Å². The molecule has 0 bridgehead atoms. The van der Waals surface area contributed by atoms with Gasteiger partial charge < -0.3 is 5.32 Å². The van der Waals surface area contributed by atoms with Crippen LogP contribution >= 0.6 is 23.1 Å². The Morgan fingerprint density at radius 2 is 2.05 bits per heavy atom. The second kappa shape index (κ2) is 5.48. The zero-order valence-corrected chi connectivity index (χ0v) is 12.9. The van der Waals surface area contributed by atoms with Crippen molar-refractivity contribution < 1.29 is 0 Å².